The highest BCUT2D eigenvalue weighted by Crippen LogP contribution is 2.34. The van der Waals surface area contributed by atoms with Gasteiger partial charge in [0.25, 0.3) is 0 Å². The van der Waals surface area contributed by atoms with Crippen molar-refractivity contribution in [1.29, 1.82) is 0 Å². The van der Waals surface area contributed by atoms with Crippen molar-refractivity contribution in [2.75, 3.05) is 20.8 Å². The maximum atomic E-state index is 5.17. The third-order valence-corrected chi connectivity index (χ3v) is 3.97. The van der Waals surface area contributed by atoms with E-state index < -0.39 is 0 Å². The van der Waals surface area contributed by atoms with Crippen LogP contribution < -0.4 is 5.32 Å². The maximum Gasteiger partial charge on any atom is 0.0857 e. The van der Waals surface area contributed by atoms with Crippen molar-refractivity contribution in [2.45, 2.75) is 45.6 Å². The van der Waals surface area contributed by atoms with Crippen molar-refractivity contribution in [1.82, 2.24) is 14.9 Å². The van der Waals surface area contributed by atoms with Crippen LogP contribution in [0.4, 0.5) is 0 Å². The minimum absolute atomic E-state index is 0.0401. The molecule has 0 amide bonds. The average Bonchev–Trinajstić information content (AvgIpc) is 2.76. The first kappa shape index (κ1) is 15.5. The first-order valence-corrected chi connectivity index (χ1v) is 7.18. The summed E-state index contributed by atoms with van der Waals surface area (Å²) in [5, 5.41) is 7.72. The second kappa shape index (κ2) is 6.59. The van der Waals surface area contributed by atoms with E-state index >= 15 is 0 Å². The molecular formula is C13H25N3OS. The summed E-state index contributed by atoms with van der Waals surface area (Å²) in [6.07, 6.45) is 1.03. The van der Waals surface area contributed by atoms with Gasteiger partial charge in [0.2, 0.25) is 0 Å². The number of nitrogens with one attached hydrogen (secondary N) is 1. The van der Waals surface area contributed by atoms with Crippen LogP contribution in [-0.2, 0) is 10.2 Å². The predicted octanol–water partition coefficient (Wildman–Crippen LogP) is 2.77. The quantitative estimate of drug-likeness (QED) is 0.864. The molecule has 2 unspecified atom stereocenters. The Bertz CT molecular complexity index is 359. The summed E-state index contributed by atoms with van der Waals surface area (Å²) >= 11 is 1.51. The number of aromatic nitrogens is 2. The Morgan fingerprint density at radius 1 is 1.39 bits per heavy atom. The Hall–Kier alpha value is -0.520. The SMILES string of the molecule is CNC(c1snnc1C(C)(C)C)C(C)CCOC. The minimum Gasteiger partial charge on any atom is -0.385 e. The van der Waals surface area contributed by atoms with E-state index in [0.29, 0.717) is 12.0 Å². The summed E-state index contributed by atoms with van der Waals surface area (Å²) in [5.74, 6) is 0.498. The van der Waals surface area contributed by atoms with Crippen molar-refractivity contribution >= 4 is 11.5 Å². The first-order valence-electron chi connectivity index (χ1n) is 6.40. The minimum atomic E-state index is 0.0401. The molecule has 1 aromatic heterocycles. The Balaban J connectivity index is 2.92. The molecule has 4 nitrogen and oxygen atoms in total. The molecule has 0 aromatic carbocycles. The molecule has 5 heteroatoms. The van der Waals surface area contributed by atoms with Gasteiger partial charge in [-0.25, -0.2) is 0 Å². The lowest BCUT2D eigenvalue weighted by molar-refractivity contribution is 0.171. The smallest absolute Gasteiger partial charge is 0.0857 e. The Kier molecular flexibility index (Phi) is 5.69. The second-order valence-corrected chi connectivity index (χ2v) is 6.55. The van der Waals surface area contributed by atoms with Gasteiger partial charge < -0.3 is 10.1 Å². The Labute approximate surface area is 114 Å². The van der Waals surface area contributed by atoms with E-state index in [2.05, 4.69) is 42.6 Å². The molecule has 0 fully saturated rings. The molecule has 0 aliphatic rings. The fraction of sp³-hybridized carbons (Fsp3) is 0.846. The van der Waals surface area contributed by atoms with Crippen LogP contribution >= 0.6 is 11.5 Å². The fourth-order valence-electron chi connectivity index (χ4n) is 2.07. The highest BCUT2D eigenvalue weighted by atomic mass is 32.1. The van der Waals surface area contributed by atoms with Crippen molar-refractivity contribution < 1.29 is 4.74 Å². The van der Waals surface area contributed by atoms with Gasteiger partial charge >= 0.3 is 0 Å². The molecule has 1 rings (SSSR count). The molecule has 0 bridgehead atoms. The molecule has 0 aliphatic heterocycles. The first-order chi connectivity index (χ1) is 8.41. The fourth-order valence-corrected chi connectivity index (χ4v) is 3.17. The zero-order chi connectivity index (χ0) is 13.8. The molecule has 1 heterocycles. The molecule has 0 saturated heterocycles. The van der Waals surface area contributed by atoms with Gasteiger partial charge in [0.15, 0.2) is 0 Å². The van der Waals surface area contributed by atoms with Crippen LogP contribution in [-0.4, -0.2) is 30.4 Å². The van der Waals surface area contributed by atoms with E-state index in [9.17, 15) is 0 Å². The lowest BCUT2D eigenvalue weighted by Gasteiger charge is -2.25. The van der Waals surface area contributed by atoms with Gasteiger partial charge in [0, 0.05) is 25.2 Å². The van der Waals surface area contributed by atoms with E-state index in [1.54, 1.807) is 7.11 Å². The summed E-state index contributed by atoms with van der Waals surface area (Å²) in [6, 6.07) is 0.300. The molecule has 0 saturated carbocycles. The van der Waals surface area contributed by atoms with Crippen LogP contribution in [0.25, 0.3) is 0 Å². The van der Waals surface area contributed by atoms with E-state index in [-0.39, 0.29) is 5.41 Å². The maximum absolute atomic E-state index is 5.17. The highest BCUT2D eigenvalue weighted by Gasteiger charge is 2.29. The number of methoxy groups -OCH3 is 1. The predicted molar refractivity (Wildman–Crippen MR) is 76.1 cm³/mol. The Morgan fingerprint density at radius 3 is 2.56 bits per heavy atom. The van der Waals surface area contributed by atoms with Gasteiger partial charge in [-0.2, -0.15) is 0 Å². The van der Waals surface area contributed by atoms with Crippen molar-refractivity contribution in [3.8, 4) is 0 Å². The summed E-state index contributed by atoms with van der Waals surface area (Å²) in [4.78, 5) is 1.26. The normalized spacial score (nSPS) is 15.7. The van der Waals surface area contributed by atoms with Crippen LogP contribution in [0, 0.1) is 5.92 Å². The summed E-state index contributed by atoms with van der Waals surface area (Å²) < 4.78 is 9.31. The lowest BCUT2D eigenvalue weighted by atomic mass is 9.87. The van der Waals surface area contributed by atoms with Crippen LogP contribution in [0.3, 0.4) is 0 Å². The third-order valence-electron chi connectivity index (χ3n) is 3.16. The molecule has 18 heavy (non-hydrogen) atoms. The van der Waals surface area contributed by atoms with E-state index in [1.807, 2.05) is 7.05 Å². The number of hydrogen-bond donors (Lipinski definition) is 1. The number of nitrogens with zero attached hydrogens (tertiary/aromatic N) is 2. The van der Waals surface area contributed by atoms with Crippen LogP contribution in [0.5, 0.6) is 0 Å². The highest BCUT2D eigenvalue weighted by molar-refractivity contribution is 7.05. The number of ether oxygens (including phenoxy) is 1. The van der Waals surface area contributed by atoms with E-state index in [4.69, 9.17) is 4.74 Å². The second-order valence-electron chi connectivity index (χ2n) is 5.76. The molecule has 0 aliphatic carbocycles. The van der Waals surface area contributed by atoms with Gasteiger partial charge in [-0.05, 0) is 30.9 Å². The van der Waals surface area contributed by atoms with Crippen molar-refractivity contribution in [3.63, 3.8) is 0 Å². The average molecular weight is 271 g/mol. The molecule has 2 atom stereocenters. The molecule has 0 spiro atoms. The standard InChI is InChI=1S/C13H25N3OS/c1-9(7-8-17-6)10(14-5)11-12(13(2,3)4)15-16-18-11/h9-10,14H,7-8H2,1-6H3. The molecule has 104 valence electrons. The summed E-state index contributed by atoms with van der Waals surface area (Å²) in [5.41, 5.74) is 1.15. The van der Waals surface area contributed by atoms with Crippen LogP contribution in [0.1, 0.15) is 50.7 Å². The summed E-state index contributed by atoms with van der Waals surface area (Å²) in [7, 11) is 3.75. The van der Waals surface area contributed by atoms with Gasteiger partial charge in [0.1, 0.15) is 0 Å². The van der Waals surface area contributed by atoms with E-state index in [0.717, 1.165) is 18.7 Å². The van der Waals surface area contributed by atoms with Crippen LogP contribution in [0.2, 0.25) is 0 Å². The topological polar surface area (TPSA) is 47.0 Å². The number of hydrogen-bond acceptors (Lipinski definition) is 5. The van der Waals surface area contributed by atoms with Crippen molar-refractivity contribution in [2.24, 2.45) is 5.92 Å². The van der Waals surface area contributed by atoms with Gasteiger partial charge in [0.05, 0.1) is 10.6 Å². The van der Waals surface area contributed by atoms with Crippen molar-refractivity contribution in [3.05, 3.63) is 10.6 Å². The third kappa shape index (κ3) is 3.73. The monoisotopic (exact) mass is 271 g/mol. The van der Waals surface area contributed by atoms with Gasteiger partial charge in [-0.1, -0.05) is 32.2 Å². The van der Waals surface area contributed by atoms with E-state index in [1.165, 1.54) is 16.4 Å². The van der Waals surface area contributed by atoms with Gasteiger partial charge in [-0.15, -0.1) is 5.10 Å². The largest absolute Gasteiger partial charge is 0.385 e. The Morgan fingerprint density at radius 2 is 2.06 bits per heavy atom. The number of rotatable bonds is 6. The zero-order valence-electron chi connectivity index (χ0n) is 12.3. The lowest BCUT2D eigenvalue weighted by Crippen LogP contribution is -2.27. The molecule has 0 radical (unpaired) electrons. The zero-order valence-corrected chi connectivity index (χ0v) is 13.1. The molecular weight excluding hydrogens is 246 g/mol. The van der Waals surface area contributed by atoms with Gasteiger partial charge in [-0.3, -0.25) is 0 Å². The van der Waals surface area contributed by atoms with Crippen LogP contribution in [0.15, 0.2) is 0 Å². The molecule has 1 N–H and O–H groups in total. The summed E-state index contributed by atoms with van der Waals surface area (Å²) in [6.45, 7) is 9.57. The molecule has 1 aromatic rings.